The fraction of sp³-hybridized carbons (Fsp3) is 0.800. The highest BCUT2D eigenvalue weighted by Crippen LogP contribution is 2.24. The van der Waals surface area contributed by atoms with E-state index in [1.54, 1.807) is 21.0 Å². The normalized spacial score (nSPS) is 24.6. The van der Waals surface area contributed by atoms with Crippen LogP contribution in [0.2, 0.25) is 0 Å². The zero-order chi connectivity index (χ0) is 16.3. The zero-order valence-electron chi connectivity index (χ0n) is 13.6. The second kappa shape index (κ2) is 6.64. The molecule has 1 atom stereocenters. The van der Waals surface area contributed by atoms with Crippen molar-refractivity contribution in [2.45, 2.75) is 51.1 Å². The molecule has 0 saturated carbocycles. The van der Waals surface area contributed by atoms with Crippen LogP contribution >= 0.6 is 0 Å². The Morgan fingerprint density at radius 3 is 2.68 bits per heavy atom. The molecule has 2 heterocycles. The first-order valence-electron chi connectivity index (χ1n) is 7.79. The molecule has 2 fully saturated rings. The SMILES string of the molecule is COCC[C@H]1CCCCN1C(=O)CN1C(=O)NC(=O)C1(C)C. The van der Waals surface area contributed by atoms with Gasteiger partial charge >= 0.3 is 6.03 Å². The van der Waals surface area contributed by atoms with Crippen LogP contribution in [-0.4, -0.2) is 66.0 Å². The van der Waals surface area contributed by atoms with Crippen molar-refractivity contribution in [2.24, 2.45) is 0 Å². The van der Waals surface area contributed by atoms with E-state index >= 15 is 0 Å². The van der Waals surface area contributed by atoms with Crippen molar-refractivity contribution in [2.75, 3.05) is 26.8 Å². The summed E-state index contributed by atoms with van der Waals surface area (Å²) >= 11 is 0. The number of urea groups is 1. The van der Waals surface area contributed by atoms with Crippen molar-refractivity contribution in [3.05, 3.63) is 0 Å². The van der Waals surface area contributed by atoms with Crippen molar-refractivity contribution >= 4 is 17.8 Å². The van der Waals surface area contributed by atoms with Crippen molar-refractivity contribution in [3.63, 3.8) is 0 Å². The van der Waals surface area contributed by atoms with Gasteiger partial charge in [0.1, 0.15) is 12.1 Å². The fourth-order valence-corrected chi connectivity index (χ4v) is 3.07. The molecule has 0 aromatic rings. The van der Waals surface area contributed by atoms with Crippen LogP contribution in [0.5, 0.6) is 0 Å². The number of ether oxygens (including phenoxy) is 1. The summed E-state index contributed by atoms with van der Waals surface area (Å²) in [6, 6.07) is -0.334. The third-order valence-electron chi connectivity index (χ3n) is 4.59. The molecule has 0 radical (unpaired) electrons. The molecule has 1 N–H and O–H groups in total. The van der Waals surface area contributed by atoms with Gasteiger partial charge in [0.2, 0.25) is 5.91 Å². The first-order valence-corrected chi connectivity index (χ1v) is 7.79. The Morgan fingerprint density at radius 2 is 2.09 bits per heavy atom. The highest BCUT2D eigenvalue weighted by molar-refractivity contribution is 6.07. The quantitative estimate of drug-likeness (QED) is 0.759. The molecular weight excluding hydrogens is 286 g/mol. The third-order valence-corrected chi connectivity index (χ3v) is 4.59. The van der Waals surface area contributed by atoms with Crippen LogP contribution in [0, 0.1) is 0 Å². The first kappa shape index (κ1) is 16.7. The summed E-state index contributed by atoms with van der Waals surface area (Å²) in [5.74, 6) is -0.460. The van der Waals surface area contributed by atoms with Crippen LogP contribution in [0.15, 0.2) is 0 Å². The molecule has 0 bridgehead atoms. The lowest BCUT2D eigenvalue weighted by molar-refractivity contribution is -0.137. The predicted octanol–water partition coefficient (Wildman–Crippen LogP) is 0.734. The average molecular weight is 311 g/mol. The van der Waals surface area contributed by atoms with Gasteiger partial charge in [0.25, 0.3) is 5.91 Å². The Balaban J connectivity index is 2.03. The van der Waals surface area contributed by atoms with E-state index < -0.39 is 11.6 Å². The second-order valence-electron chi connectivity index (χ2n) is 6.42. The number of hydrogen-bond acceptors (Lipinski definition) is 4. The van der Waals surface area contributed by atoms with Gasteiger partial charge in [-0.25, -0.2) is 4.79 Å². The monoisotopic (exact) mass is 311 g/mol. The number of amides is 4. The Hall–Kier alpha value is -1.63. The largest absolute Gasteiger partial charge is 0.385 e. The van der Waals surface area contributed by atoms with Crippen LogP contribution < -0.4 is 5.32 Å². The van der Waals surface area contributed by atoms with E-state index in [0.717, 1.165) is 25.7 Å². The van der Waals surface area contributed by atoms with E-state index in [-0.39, 0.29) is 24.4 Å². The van der Waals surface area contributed by atoms with E-state index in [9.17, 15) is 14.4 Å². The number of imide groups is 1. The summed E-state index contributed by atoms with van der Waals surface area (Å²) in [6.45, 7) is 4.56. The molecule has 0 aliphatic carbocycles. The Kier molecular flexibility index (Phi) is 5.05. The molecule has 4 amide bonds. The smallest absolute Gasteiger partial charge is 0.325 e. The van der Waals surface area contributed by atoms with Gasteiger partial charge in [-0.3, -0.25) is 14.9 Å². The Labute approximate surface area is 131 Å². The van der Waals surface area contributed by atoms with E-state index in [0.29, 0.717) is 13.2 Å². The lowest BCUT2D eigenvalue weighted by Crippen LogP contribution is -2.52. The number of piperidine rings is 1. The second-order valence-corrected chi connectivity index (χ2v) is 6.42. The van der Waals surface area contributed by atoms with Crippen molar-refractivity contribution in [1.29, 1.82) is 0 Å². The number of rotatable bonds is 5. The van der Waals surface area contributed by atoms with Gasteiger partial charge in [-0.1, -0.05) is 0 Å². The van der Waals surface area contributed by atoms with E-state index in [2.05, 4.69) is 5.32 Å². The highest BCUT2D eigenvalue weighted by atomic mass is 16.5. The topological polar surface area (TPSA) is 79.0 Å². The van der Waals surface area contributed by atoms with Crippen molar-refractivity contribution < 1.29 is 19.1 Å². The number of carbonyl (C=O) groups excluding carboxylic acids is 3. The molecule has 2 aliphatic heterocycles. The maximum Gasteiger partial charge on any atom is 0.325 e. The summed E-state index contributed by atoms with van der Waals surface area (Å²) < 4.78 is 5.11. The number of likely N-dealkylation sites (tertiary alicyclic amines) is 1. The maximum atomic E-state index is 12.6. The number of methoxy groups -OCH3 is 1. The zero-order valence-corrected chi connectivity index (χ0v) is 13.6. The number of carbonyl (C=O) groups is 3. The lowest BCUT2D eigenvalue weighted by Gasteiger charge is -2.38. The molecular formula is C15H25N3O4. The van der Waals surface area contributed by atoms with Crippen LogP contribution in [0.3, 0.4) is 0 Å². The molecule has 0 aromatic heterocycles. The molecule has 0 aromatic carbocycles. The molecule has 124 valence electrons. The summed E-state index contributed by atoms with van der Waals surface area (Å²) in [6.07, 6.45) is 3.84. The molecule has 2 saturated heterocycles. The standard InChI is InChI=1S/C15H25N3O4/c1-15(2)13(20)16-14(21)18(15)10-12(19)17-8-5-4-6-11(17)7-9-22-3/h11H,4-10H2,1-3H3,(H,16,20,21)/t11-/m1/s1. The summed E-state index contributed by atoms with van der Waals surface area (Å²) in [7, 11) is 1.65. The van der Waals surface area contributed by atoms with Crippen molar-refractivity contribution in [1.82, 2.24) is 15.1 Å². The number of nitrogens with zero attached hydrogens (tertiary/aromatic N) is 2. The van der Waals surface area contributed by atoms with Gasteiger partial charge in [-0.2, -0.15) is 0 Å². The maximum absolute atomic E-state index is 12.6. The van der Waals surface area contributed by atoms with E-state index in [4.69, 9.17) is 4.74 Å². The molecule has 2 rings (SSSR count). The molecule has 0 unspecified atom stereocenters. The minimum Gasteiger partial charge on any atom is -0.385 e. The fourth-order valence-electron chi connectivity index (χ4n) is 3.07. The number of hydrogen-bond donors (Lipinski definition) is 1. The molecule has 0 spiro atoms. The van der Waals surface area contributed by atoms with Gasteiger partial charge in [0.15, 0.2) is 0 Å². The van der Waals surface area contributed by atoms with Crippen molar-refractivity contribution in [3.8, 4) is 0 Å². The number of nitrogens with one attached hydrogen (secondary N) is 1. The van der Waals surface area contributed by atoms with Crippen LogP contribution in [0.1, 0.15) is 39.5 Å². The third kappa shape index (κ3) is 3.24. The van der Waals surface area contributed by atoms with Gasteiger partial charge in [0.05, 0.1) is 0 Å². The molecule has 2 aliphatic rings. The van der Waals surface area contributed by atoms with Crippen LogP contribution in [0.4, 0.5) is 4.79 Å². The minimum absolute atomic E-state index is 0.0615. The van der Waals surface area contributed by atoms with Gasteiger partial charge in [-0.05, 0) is 39.5 Å². The Bertz CT molecular complexity index is 464. The molecule has 7 nitrogen and oxygen atoms in total. The lowest BCUT2D eigenvalue weighted by atomic mass is 9.99. The van der Waals surface area contributed by atoms with Gasteiger partial charge in [-0.15, -0.1) is 0 Å². The van der Waals surface area contributed by atoms with Gasteiger partial charge in [0, 0.05) is 26.3 Å². The van der Waals surface area contributed by atoms with Gasteiger partial charge < -0.3 is 14.5 Å². The van der Waals surface area contributed by atoms with E-state index in [1.165, 1.54) is 4.90 Å². The molecule has 22 heavy (non-hydrogen) atoms. The summed E-state index contributed by atoms with van der Waals surface area (Å²) in [4.78, 5) is 39.4. The summed E-state index contributed by atoms with van der Waals surface area (Å²) in [5, 5.41) is 2.27. The van der Waals surface area contributed by atoms with Crippen LogP contribution in [-0.2, 0) is 14.3 Å². The minimum atomic E-state index is -0.982. The average Bonchev–Trinajstić information content (AvgIpc) is 2.67. The summed E-state index contributed by atoms with van der Waals surface area (Å²) in [5.41, 5.74) is -0.982. The first-order chi connectivity index (χ1) is 10.4. The Morgan fingerprint density at radius 1 is 1.36 bits per heavy atom. The van der Waals surface area contributed by atoms with Crippen LogP contribution in [0.25, 0.3) is 0 Å². The molecule has 7 heteroatoms. The van der Waals surface area contributed by atoms with E-state index in [1.807, 2.05) is 4.90 Å². The highest BCUT2D eigenvalue weighted by Gasteiger charge is 2.46. The predicted molar refractivity (Wildman–Crippen MR) is 80.2 cm³/mol.